The summed E-state index contributed by atoms with van der Waals surface area (Å²) in [5.41, 5.74) is 2.67. The average molecular weight is 276 g/mol. The van der Waals surface area contributed by atoms with Crippen molar-refractivity contribution in [3.63, 3.8) is 0 Å². The summed E-state index contributed by atoms with van der Waals surface area (Å²) in [4.78, 5) is 3.36. The van der Waals surface area contributed by atoms with Crippen LogP contribution < -0.4 is 0 Å². The van der Waals surface area contributed by atoms with Gasteiger partial charge in [-0.25, -0.2) is 0 Å². The number of halogens is 1. The number of hydrogen-bond donors (Lipinski definition) is 1. The van der Waals surface area contributed by atoms with Gasteiger partial charge in [0.25, 0.3) is 0 Å². The van der Waals surface area contributed by atoms with Gasteiger partial charge in [-0.1, -0.05) is 40.2 Å². The lowest BCUT2D eigenvalue weighted by molar-refractivity contribution is 0.651. The molecule has 1 aromatic carbocycles. The van der Waals surface area contributed by atoms with Gasteiger partial charge in [-0.15, -0.1) is 0 Å². The molecule has 1 aliphatic rings. The molecule has 1 aliphatic carbocycles. The van der Waals surface area contributed by atoms with Crippen molar-refractivity contribution in [3.05, 3.63) is 46.6 Å². The van der Waals surface area contributed by atoms with Gasteiger partial charge in [0.1, 0.15) is 0 Å². The van der Waals surface area contributed by atoms with E-state index in [1.165, 1.54) is 40.2 Å². The van der Waals surface area contributed by atoms with Gasteiger partial charge in [-0.2, -0.15) is 0 Å². The Hall–Kier alpha value is -1.02. The van der Waals surface area contributed by atoms with Crippen LogP contribution in [-0.2, 0) is 0 Å². The van der Waals surface area contributed by atoms with Crippen molar-refractivity contribution < 1.29 is 0 Å². The summed E-state index contributed by atoms with van der Waals surface area (Å²) in [5.74, 6) is 0.546. The van der Waals surface area contributed by atoms with E-state index in [0.717, 1.165) is 0 Å². The molecule has 0 spiro atoms. The molecule has 0 bridgehead atoms. The summed E-state index contributed by atoms with van der Waals surface area (Å²) in [7, 11) is 0. The van der Waals surface area contributed by atoms with Crippen LogP contribution in [0.15, 0.2) is 41.0 Å². The highest BCUT2D eigenvalue weighted by Crippen LogP contribution is 2.39. The van der Waals surface area contributed by atoms with E-state index in [2.05, 4.69) is 57.5 Å². The molecule has 16 heavy (non-hydrogen) atoms. The molecule has 1 nitrogen and oxygen atoms in total. The Balaban J connectivity index is 2.12. The third-order valence-corrected chi connectivity index (χ3v) is 4.24. The fraction of sp³-hybridized carbons (Fsp3) is 0.286. The van der Waals surface area contributed by atoms with Gasteiger partial charge in [-0.05, 0) is 35.4 Å². The zero-order valence-corrected chi connectivity index (χ0v) is 10.6. The van der Waals surface area contributed by atoms with E-state index < -0.39 is 0 Å². The first-order chi connectivity index (χ1) is 7.86. The molecule has 0 saturated heterocycles. The highest BCUT2D eigenvalue weighted by atomic mass is 79.9. The zero-order valence-electron chi connectivity index (χ0n) is 9.04. The molecule has 1 heterocycles. The Bertz CT molecular complexity index is 538. The summed E-state index contributed by atoms with van der Waals surface area (Å²) >= 11 is 3.71. The number of allylic oxidation sites excluding steroid dienone is 2. The van der Waals surface area contributed by atoms with Crippen LogP contribution in [0, 0.1) is 0 Å². The second-order valence-electron chi connectivity index (χ2n) is 4.36. The maximum Gasteiger partial charge on any atom is 0.0457 e. The minimum atomic E-state index is 0.546. The second-order valence-corrected chi connectivity index (χ2v) is 5.28. The number of para-hydroxylation sites is 1. The van der Waals surface area contributed by atoms with Crippen molar-refractivity contribution in [1.29, 1.82) is 0 Å². The summed E-state index contributed by atoms with van der Waals surface area (Å²) in [5, 5.41) is 1.36. The number of rotatable bonds is 1. The van der Waals surface area contributed by atoms with Crippen molar-refractivity contribution in [2.45, 2.75) is 25.2 Å². The van der Waals surface area contributed by atoms with Crippen LogP contribution >= 0.6 is 15.9 Å². The first kappa shape index (κ1) is 10.2. The Labute approximate surface area is 104 Å². The lowest BCUT2D eigenvalue weighted by Crippen LogP contribution is -2.02. The van der Waals surface area contributed by atoms with E-state index >= 15 is 0 Å². The predicted molar refractivity (Wildman–Crippen MR) is 71.9 cm³/mol. The summed E-state index contributed by atoms with van der Waals surface area (Å²) in [6.07, 6.45) is 8.23. The number of fused-ring (bicyclic) bond motifs is 1. The molecule has 0 aliphatic heterocycles. The van der Waals surface area contributed by atoms with Crippen LogP contribution in [0.25, 0.3) is 10.9 Å². The Morgan fingerprint density at radius 1 is 1.25 bits per heavy atom. The summed E-state index contributed by atoms with van der Waals surface area (Å²) < 4.78 is 1.35. The fourth-order valence-corrected chi connectivity index (χ4v) is 3.23. The molecule has 0 fully saturated rings. The minimum absolute atomic E-state index is 0.546. The molecule has 0 saturated carbocycles. The third-order valence-electron chi connectivity index (χ3n) is 3.37. The molecular formula is C14H14BrN. The second kappa shape index (κ2) is 4.10. The maximum absolute atomic E-state index is 3.71. The molecule has 1 aromatic heterocycles. The minimum Gasteiger partial charge on any atom is -0.361 e. The molecule has 3 rings (SSSR count). The lowest BCUT2D eigenvalue weighted by atomic mass is 9.89. The van der Waals surface area contributed by atoms with Crippen LogP contribution in [0.3, 0.4) is 0 Å². The number of benzene rings is 1. The summed E-state index contributed by atoms with van der Waals surface area (Å²) in [6.45, 7) is 0. The normalized spacial score (nSPS) is 21.1. The Morgan fingerprint density at radius 3 is 3.00 bits per heavy atom. The molecule has 1 unspecified atom stereocenters. The standard InChI is InChI=1S/C14H14BrN/c15-13-7-3-1-5-10(13)12-9-16-14-8-4-2-6-11(12)14/h2,4,6-10,16H,1,3,5H2. The largest absolute Gasteiger partial charge is 0.361 e. The molecular weight excluding hydrogens is 262 g/mol. The topological polar surface area (TPSA) is 15.8 Å². The molecule has 0 amide bonds. The highest BCUT2D eigenvalue weighted by Gasteiger charge is 2.20. The molecule has 2 aromatic rings. The monoisotopic (exact) mass is 275 g/mol. The van der Waals surface area contributed by atoms with Crippen LogP contribution in [-0.4, -0.2) is 4.98 Å². The van der Waals surface area contributed by atoms with Gasteiger partial charge in [0.15, 0.2) is 0 Å². The molecule has 1 N–H and O–H groups in total. The number of hydrogen-bond acceptors (Lipinski definition) is 0. The first-order valence-electron chi connectivity index (χ1n) is 5.78. The van der Waals surface area contributed by atoms with E-state index in [1.54, 1.807) is 0 Å². The fourth-order valence-electron chi connectivity index (χ4n) is 2.53. The van der Waals surface area contributed by atoms with Crippen molar-refractivity contribution in [1.82, 2.24) is 4.98 Å². The third kappa shape index (κ3) is 1.61. The van der Waals surface area contributed by atoms with Gasteiger partial charge >= 0.3 is 0 Å². The predicted octanol–water partition coefficient (Wildman–Crippen LogP) is 4.71. The molecule has 0 radical (unpaired) electrons. The smallest absolute Gasteiger partial charge is 0.0457 e. The molecule has 82 valence electrons. The Morgan fingerprint density at radius 2 is 2.12 bits per heavy atom. The number of aromatic nitrogens is 1. The van der Waals surface area contributed by atoms with Crippen LogP contribution in [0.2, 0.25) is 0 Å². The van der Waals surface area contributed by atoms with Gasteiger partial charge < -0.3 is 4.98 Å². The van der Waals surface area contributed by atoms with E-state index in [-0.39, 0.29) is 0 Å². The first-order valence-corrected chi connectivity index (χ1v) is 6.57. The van der Waals surface area contributed by atoms with E-state index in [1.807, 2.05) is 0 Å². The van der Waals surface area contributed by atoms with Crippen molar-refractivity contribution in [2.24, 2.45) is 0 Å². The van der Waals surface area contributed by atoms with Gasteiger partial charge in [0, 0.05) is 23.0 Å². The van der Waals surface area contributed by atoms with Crippen LogP contribution in [0.4, 0.5) is 0 Å². The zero-order chi connectivity index (χ0) is 11.0. The van der Waals surface area contributed by atoms with E-state index in [0.29, 0.717) is 5.92 Å². The van der Waals surface area contributed by atoms with E-state index in [9.17, 15) is 0 Å². The average Bonchev–Trinajstić information content (AvgIpc) is 2.74. The number of aromatic amines is 1. The number of nitrogens with one attached hydrogen (secondary N) is 1. The van der Waals surface area contributed by atoms with Gasteiger partial charge in [0.2, 0.25) is 0 Å². The number of H-pyrrole nitrogens is 1. The van der Waals surface area contributed by atoms with Crippen molar-refractivity contribution in [3.8, 4) is 0 Å². The molecule has 2 heteroatoms. The maximum atomic E-state index is 3.71. The molecule has 1 atom stereocenters. The van der Waals surface area contributed by atoms with Crippen molar-refractivity contribution in [2.75, 3.05) is 0 Å². The SMILES string of the molecule is BrC1=CCCCC1c1c[nH]c2ccccc12. The quantitative estimate of drug-likeness (QED) is 0.776. The highest BCUT2D eigenvalue weighted by molar-refractivity contribution is 9.11. The Kier molecular flexibility index (Phi) is 2.60. The lowest BCUT2D eigenvalue weighted by Gasteiger charge is -2.20. The van der Waals surface area contributed by atoms with Gasteiger partial charge in [0.05, 0.1) is 0 Å². The van der Waals surface area contributed by atoms with Crippen LogP contribution in [0.5, 0.6) is 0 Å². The van der Waals surface area contributed by atoms with Gasteiger partial charge in [-0.3, -0.25) is 0 Å². The summed E-state index contributed by atoms with van der Waals surface area (Å²) in [6, 6.07) is 8.53. The van der Waals surface area contributed by atoms with E-state index in [4.69, 9.17) is 0 Å². The van der Waals surface area contributed by atoms with Crippen molar-refractivity contribution >= 4 is 26.8 Å². The van der Waals surface area contributed by atoms with Crippen LogP contribution in [0.1, 0.15) is 30.7 Å².